The number of rotatable bonds is 53. The van der Waals surface area contributed by atoms with Crippen LogP contribution in [0.5, 0.6) is 0 Å². The predicted octanol–water partition coefficient (Wildman–Crippen LogP) is -3.34. The quantitative estimate of drug-likeness (QED) is 0.0284. The molecule has 23 amide bonds. The number of nitrogens with two attached hydrogens (primary N) is 2. The molecule has 3 aliphatic rings. The Labute approximate surface area is 867 Å². The first kappa shape index (κ1) is 126. The van der Waals surface area contributed by atoms with E-state index in [1.807, 2.05) is 13.8 Å². The number of amides is 23. The highest BCUT2D eigenvalue weighted by molar-refractivity contribution is 8.02. The molecule has 4 rings (SSSR count). The lowest BCUT2D eigenvalue weighted by atomic mass is 9.95. The fraction of sp³-hybridized carbons (Fsp3) is 0.606. The summed E-state index contributed by atoms with van der Waals surface area (Å²) in [6.07, 6.45) is 6.05. The average Bonchev–Trinajstić information content (AvgIpc) is 1.66. The summed E-state index contributed by atoms with van der Waals surface area (Å²) in [7, 11) is 3.40. The van der Waals surface area contributed by atoms with Crippen LogP contribution in [0.2, 0.25) is 0 Å². The van der Waals surface area contributed by atoms with Crippen molar-refractivity contribution in [1.82, 2.24) is 116 Å². The van der Waals surface area contributed by atoms with Crippen LogP contribution in [0.4, 0.5) is 0 Å². The van der Waals surface area contributed by atoms with Crippen molar-refractivity contribution >= 4 is 148 Å². The summed E-state index contributed by atoms with van der Waals surface area (Å²) in [5, 5.41) is 60.4. The number of nitrogens with zero attached hydrogens (tertiary/aromatic N) is 3. The van der Waals surface area contributed by atoms with Crippen molar-refractivity contribution in [3.63, 3.8) is 0 Å². The molecule has 0 aliphatic carbocycles. The van der Waals surface area contributed by atoms with Crippen LogP contribution >= 0.6 is 11.8 Å². The Morgan fingerprint density at radius 1 is 0.480 bits per heavy atom. The Morgan fingerprint density at radius 3 is 1.45 bits per heavy atom. The highest BCUT2D eigenvalue weighted by atomic mass is 32.2. The van der Waals surface area contributed by atoms with Crippen LogP contribution < -0.4 is 112 Å². The van der Waals surface area contributed by atoms with Crippen molar-refractivity contribution in [2.75, 3.05) is 46.1 Å². The second-order valence-corrected chi connectivity index (χ2v) is 39.3. The highest BCUT2D eigenvalue weighted by Gasteiger charge is 2.44. The van der Waals surface area contributed by atoms with Crippen LogP contribution in [-0.4, -0.2) is 298 Å². The minimum absolute atomic E-state index is 0.0255. The van der Waals surface area contributed by atoms with Crippen molar-refractivity contribution in [1.29, 1.82) is 0 Å². The number of carbonyl (C=O) groups excluding carboxylic acids is 23. The number of nitrogens with one attached hydrogen (secondary N) is 19. The minimum Gasteiger partial charge on any atom is -0.394 e. The zero-order valence-electron chi connectivity index (χ0n) is 88.3. The molecule has 48 nitrogen and oxygen atoms in total. The van der Waals surface area contributed by atoms with Gasteiger partial charge in [-0.1, -0.05) is 151 Å². The summed E-state index contributed by atoms with van der Waals surface area (Å²) >= 11 is 1.06. The van der Waals surface area contributed by atoms with Gasteiger partial charge in [0.1, 0.15) is 113 Å². The van der Waals surface area contributed by atoms with Gasteiger partial charge < -0.3 is 127 Å². The van der Waals surface area contributed by atoms with E-state index in [1.165, 1.54) is 74.3 Å². The monoisotopic (exact) mass is 2100 g/mol. The molecule has 0 radical (unpaired) electrons. The van der Waals surface area contributed by atoms with Gasteiger partial charge in [-0.2, -0.15) is 0 Å². The number of likely N-dealkylation sites (tertiary alicyclic amines) is 2. The van der Waals surface area contributed by atoms with Crippen LogP contribution in [0, 0.1) is 35.5 Å². The molecule has 2 fully saturated rings. The molecule has 0 bridgehead atoms. The van der Waals surface area contributed by atoms with E-state index in [9.17, 15) is 115 Å². The number of benzene rings is 1. The molecule has 49 heteroatoms. The van der Waals surface area contributed by atoms with Gasteiger partial charge in [-0.15, -0.1) is 11.8 Å². The Bertz CT molecular complexity index is 5080. The molecule has 148 heavy (non-hydrogen) atoms. The Balaban J connectivity index is 1.45. The molecule has 3 heterocycles. The number of hydrogen-bond donors (Lipinski definition) is 22. The number of primary amides is 2. The number of likely N-dealkylation sites (N-methyl/N-ethyl adjacent to an activating group) is 1. The Hall–Kier alpha value is -14.0. The molecule has 0 spiro atoms. The van der Waals surface area contributed by atoms with Crippen molar-refractivity contribution < 1.29 is 115 Å². The summed E-state index contributed by atoms with van der Waals surface area (Å²) in [5.41, 5.74) is 10.4. The first-order valence-corrected chi connectivity index (χ1v) is 50.9. The standard InChI is InChI=1S/C99H154N24O24S/c1-22-54(15)78(97(145)115-69-49-148-44-41-102-93(141)75(51(9)10)116-87(135)66(45-50(7)8)113-90(69)138)119-85(133)60(24-3)107-89(137)68(48-124)106-74(127)47-103-83(131)64(37-39-72(100)125)112-96(144)79(55(16)23-2)120-95(143)77(53(13)14)118-88(136)67(46-59-33-29-28-30-34-59)114-86(134)65(38-40-73(101)126)111-81(129)57(18)105-94(142)76(52(11)12)117-84(132)61(25-4)108-92(140)71-36-32-43-123(71)98(146)62(26-5)109-80(128)56(17)104-91(139)70-35-31-42-122(70)99(147)63(27-6)110-82(130)58(19)121(20)21/h24-30,33-34,41,44,50-58,64-71,75-79,124H,22-23,31-32,35-40,42-43,45-49H2,1-21H3,(H2,100,125)(H2,101,126)(H,102,141)(H,103,131)(H,104,139)(H,105,142)(H,106,127)(H,107,137)(H,108,140)(H,109,128)(H,110,130)(H,111,129)(H,112,144)(H,113,138)(H,114,134)(H,115,145)(H,116,135)(H,117,132)(H,118,136)(H,119,133)(H,120,143)/b44-41+,60-24+,61-25+,62-26+,63-27+/t54-,55-,56+,57+,58+,64+,65+,66+,67+,68+,69+,70+,71+,75+,76+,77+,78+,79+/m1/s1. The smallest absolute Gasteiger partial charge is 0.270 e. The third kappa shape index (κ3) is 39.7. The van der Waals surface area contributed by atoms with Gasteiger partial charge in [0.25, 0.3) is 23.6 Å². The van der Waals surface area contributed by atoms with Crippen molar-refractivity contribution in [3.8, 4) is 0 Å². The summed E-state index contributed by atoms with van der Waals surface area (Å²) in [6.45, 7) is 28.3. The third-order valence-electron chi connectivity index (χ3n) is 25.2. The molecular weight excluding hydrogens is 1940 g/mol. The predicted molar refractivity (Wildman–Crippen MR) is 546 cm³/mol. The molecule has 18 atom stereocenters. The van der Waals surface area contributed by atoms with Crippen molar-refractivity contribution in [3.05, 3.63) is 94.6 Å². The number of carbonyl (C=O) groups is 23. The van der Waals surface area contributed by atoms with Crippen LogP contribution in [0.3, 0.4) is 0 Å². The molecule has 820 valence electrons. The first-order valence-electron chi connectivity index (χ1n) is 49.8. The second kappa shape index (κ2) is 62.2. The number of aliphatic hydroxyl groups is 1. The molecule has 0 unspecified atom stereocenters. The molecule has 3 aliphatic heterocycles. The zero-order valence-corrected chi connectivity index (χ0v) is 89.1. The van der Waals surface area contributed by atoms with Gasteiger partial charge in [0.2, 0.25) is 112 Å². The fourth-order valence-corrected chi connectivity index (χ4v) is 16.2. The summed E-state index contributed by atoms with van der Waals surface area (Å²) in [4.78, 5) is 323. The van der Waals surface area contributed by atoms with Crippen LogP contribution in [0.1, 0.15) is 208 Å². The minimum atomic E-state index is -1.81. The van der Waals surface area contributed by atoms with E-state index in [-0.39, 0.29) is 79.9 Å². The van der Waals surface area contributed by atoms with E-state index in [1.54, 1.807) is 132 Å². The maximum Gasteiger partial charge on any atom is 0.270 e. The van der Waals surface area contributed by atoms with Gasteiger partial charge in [0.15, 0.2) is 0 Å². The van der Waals surface area contributed by atoms with Crippen LogP contribution in [-0.2, 0) is 117 Å². The van der Waals surface area contributed by atoms with Gasteiger partial charge in [-0.3, -0.25) is 115 Å². The normalized spacial score (nSPS) is 19.3. The average molecular weight is 2100 g/mol. The van der Waals surface area contributed by atoms with E-state index in [4.69, 9.17) is 11.5 Å². The fourth-order valence-electron chi connectivity index (χ4n) is 15.5. The third-order valence-corrected chi connectivity index (χ3v) is 26.0. The van der Waals surface area contributed by atoms with E-state index < -0.39 is 301 Å². The van der Waals surface area contributed by atoms with E-state index in [0.29, 0.717) is 24.8 Å². The largest absolute Gasteiger partial charge is 0.394 e. The molecular formula is C99H154N24O24S. The van der Waals surface area contributed by atoms with Gasteiger partial charge in [-0.05, 0) is 154 Å². The van der Waals surface area contributed by atoms with Gasteiger partial charge in [0, 0.05) is 44.3 Å². The van der Waals surface area contributed by atoms with Gasteiger partial charge in [0.05, 0.1) is 19.2 Å². The second-order valence-electron chi connectivity index (χ2n) is 38.3. The lowest BCUT2D eigenvalue weighted by molar-refractivity contribution is -0.138. The zero-order chi connectivity index (χ0) is 112. The Morgan fingerprint density at radius 2 is 0.939 bits per heavy atom. The summed E-state index contributed by atoms with van der Waals surface area (Å²) < 4.78 is 0. The van der Waals surface area contributed by atoms with Crippen molar-refractivity contribution in [2.45, 2.75) is 305 Å². The van der Waals surface area contributed by atoms with Gasteiger partial charge in [-0.25, -0.2) is 0 Å². The maximum atomic E-state index is 14.8. The Kier molecular flexibility index (Phi) is 53.1. The van der Waals surface area contributed by atoms with E-state index in [2.05, 4.69) is 101 Å². The maximum absolute atomic E-state index is 14.8. The molecule has 1 aromatic rings. The lowest BCUT2D eigenvalue weighted by Crippen LogP contribution is -2.62. The number of allylic oxidation sites excluding steroid dienone is 4. The highest BCUT2D eigenvalue weighted by Crippen LogP contribution is 2.25. The molecule has 2 saturated heterocycles. The van der Waals surface area contributed by atoms with E-state index >= 15 is 0 Å². The molecule has 1 aromatic carbocycles. The van der Waals surface area contributed by atoms with Gasteiger partial charge >= 0.3 is 0 Å². The SMILES string of the molecule is C/C=C(/NC(=O)[C@H](CO)NC(=O)CNC(=O)[C@H](CCC(N)=O)NC(=O)[C@@H](NC(=O)[C@@H](NC(=O)[C@H](Cc1ccccc1)NC(=O)[C@H](CCC(N)=O)NC(=O)[C@H](C)NC(=O)[C@@H](NC(=O)/C(=C\C)NC(=O)[C@@H]1CCCN1C(=O)/C(=C\C)NC(=O)[C@H](C)NC(=O)[C@@H]1CCCN1C(=O)/C(=C\C)NC(=O)[C@H](C)N(C)C)C(C)C)C(C)C)[C@H](C)CC)C(=O)N[C@H](C(=O)N[C@H]1CS/C=C/NC(=O)[C@H](C(C)C)NC(=O)[C@H](CC(C)C)NC1=O)[C@H](C)CC. The molecule has 0 saturated carbocycles. The van der Waals surface area contributed by atoms with E-state index in [0.717, 1.165) is 17.8 Å². The lowest BCUT2D eigenvalue weighted by Gasteiger charge is -2.30. The number of hydrogen-bond acceptors (Lipinski definition) is 26. The van der Waals surface area contributed by atoms with Crippen LogP contribution in [0.15, 0.2) is 89.0 Å². The number of aliphatic hydroxyl groups excluding tert-OH is 1. The summed E-state index contributed by atoms with van der Waals surface area (Å²) in [6, 6.07) is -13.2. The molecule has 24 N–H and O–H groups in total. The first-order chi connectivity index (χ1) is 69.6. The number of thioether (sulfide) groups is 1. The topological polar surface area (TPSA) is 703 Å². The molecule has 0 aromatic heterocycles. The van der Waals surface area contributed by atoms with Crippen molar-refractivity contribution in [2.24, 2.45) is 47.0 Å². The summed E-state index contributed by atoms with van der Waals surface area (Å²) in [5.74, 6) is -23.3. The van der Waals surface area contributed by atoms with Crippen LogP contribution in [0.25, 0.3) is 0 Å².